The first-order valence-corrected chi connectivity index (χ1v) is 11.8. The van der Waals surface area contributed by atoms with Crippen molar-refractivity contribution in [3.63, 3.8) is 0 Å². The topological polar surface area (TPSA) is 71.5 Å². The van der Waals surface area contributed by atoms with Crippen LogP contribution >= 0.6 is 0 Å². The highest BCUT2D eigenvalue weighted by Crippen LogP contribution is 2.33. The third-order valence-electron chi connectivity index (χ3n) is 6.14. The van der Waals surface area contributed by atoms with Gasteiger partial charge in [-0.25, -0.2) is 0 Å². The van der Waals surface area contributed by atoms with E-state index < -0.39 is 6.10 Å². The van der Waals surface area contributed by atoms with Gasteiger partial charge in [0.05, 0.1) is 5.69 Å². The number of carbonyl (C=O) groups excluding carboxylic acids is 1. The lowest BCUT2D eigenvalue weighted by Gasteiger charge is -2.36. The van der Waals surface area contributed by atoms with Crippen molar-refractivity contribution in [1.82, 2.24) is 20.1 Å². The number of hydrogen-bond donors (Lipinski definition) is 0. The van der Waals surface area contributed by atoms with Gasteiger partial charge in [-0.1, -0.05) is 38.5 Å². The lowest BCUT2D eigenvalue weighted by molar-refractivity contribution is -0.138. The van der Waals surface area contributed by atoms with Crippen LogP contribution in [0.25, 0.3) is 11.3 Å². The molecule has 1 aliphatic rings. The molecule has 34 heavy (non-hydrogen) atoms. The van der Waals surface area contributed by atoms with Crippen molar-refractivity contribution < 1.29 is 9.53 Å². The van der Waals surface area contributed by atoms with Gasteiger partial charge >= 0.3 is 0 Å². The summed E-state index contributed by atoms with van der Waals surface area (Å²) in [6.07, 6.45) is 2.94. The summed E-state index contributed by atoms with van der Waals surface area (Å²) in [4.78, 5) is 21.2. The first-order chi connectivity index (χ1) is 16.2. The average molecular weight is 460 g/mol. The second-order valence-corrected chi connectivity index (χ2v) is 9.83. The largest absolute Gasteiger partial charge is 0.481 e. The number of pyridine rings is 1. The number of carbonyl (C=O) groups is 1. The Kier molecular flexibility index (Phi) is 6.82. The molecule has 4 rings (SSSR count). The van der Waals surface area contributed by atoms with Crippen LogP contribution in [0.2, 0.25) is 0 Å². The molecule has 1 aliphatic heterocycles. The fourth-order valence-electron chi connectivity index (χ4n) is 4.16. The zero-order valence-corrected chi connectivity index (χ0v) is 20.7. The molecule has 1 atom stereocenters. The molecule has 0 saturated carbocycles. The van der Waals surface area contributed by atoms with Crippen LogP contribution in [-0.2, 0) is 10.2 Å². The van der Waals surface area contributed by atoms with Crippen molar-refractivity contribution in [2.24, 2.45) is 0 Å². The number of rotatable bonds is 5. The molecular weight excluding hydrogens is 426 g/mol. The summed E-state index contributed by atoms with van der Waals surface area (Å²) >= 11 is 0. The normalized spacial score (nSPS) is 15.2. The van der Waals surface area contributed by atoms with Crippen LogP contribution in [0.1, 0.15) is 38.8 Å². The minimum absolute atomic E-state index is 0.0132. The number of aryl methyl sites for hydroxylation is 1. The van der Waals surface area contributed by atoms with Crippen molar-refractivity contribution in [1.29, 1.82) is 0 Å². The standard InChI is InChI=1S/C27H33N5O2/c1-19-6-8-24(22(18-19)27(3,4)5)34-20(2)26(33)32-16-14-31(15-17-32)25-9-7-23(29-30-25)21-10-12-28-13-11-21/h6-13,18,20H,14-17H2,1-5H3. The van der Waals surface area contributed by atoms with E-state index in [0.29, 0.717) is 26.2 Å². The lowest BCUT2D eigenvalue weighted by atomic mass is 9.85. The number of nitrogens with zero attached hydrogens (tertiary/aromatic N) is 5. The average Bonchev–Trinajstić information content (AvgIpc) is 2.85. The van der Waals surface area contributed by atoms with Crippen LogP contribution in [0.5, 0.6) is 5.75 Å². The Labute approximate surface area is 201 Å². The number of aromatic nitrogens is 3. The van der Waals surface area contributed by atoms with E-state index in [2.05, 4.69) is 53.8 Å². The summed E-state index contributed by atoms with van der Waals surface area (Å²) in [6.45, 7) is 13.1. The monoisotopic (exact) mass is 459 g/mol. The zero-order chi connectivity index (χ0) is 24.3. The van der Waals surface area contributed by atoms with E-state index in [1.807, 2.05) is 48.2 Å². The molecule has 0 spiro atoms. The van der Waals surface area contributed by atoms with Crippen molar-refractivity contribution >= 4 is 11.7 Å². The van der Waals surface area contributed by atoms with Gasteiger partial charge in [0, 0.05) is 44.1 Å². The SMILES string of the molecule is Cc1ccc(OC(C)C(=O)N2CCN(c3ccc(-c4ccncc4)nn3)CC2)c(C(C)(C)C)c1. The predicted molar refractivity (Wildman–Crippen MR) is 134 cm³/mol. The van der Waals surface area contributed by atoms with E-state index in [4.69, 9.17) is 4.74 Å². The summed E-state index contributed by atoms with van der Waals surface area (Å²) in [5.41, 5.74) is 4.04. The number of amides is 1. The molecular formula is C27H33N5O2. The van der Waals surface area contributed by atoms with Crippen LogP contribution in [-0.4, -0.2) is 58.3 Å². The molecule has 7 nitrogen and oxygen atoms in total. The van der Waals surface area contributed by atoms with Gasteiger partial charge in [-0.3, -0.25) is 9.78 Å². The van der Waals surface area contributed by atoms with Crippen LogP contribution in [0, 0.1) is 6.92 Å². The van der Waals surface area contributed by atoms with Crippen molar-refractivity contribution in [2.75, 3.05) is 31.1 Å². The minimum atomic E-state index is -0.546. The summed E-state index contributed by atoms with van der Waals surface area (Å²) in [7, 11) is 0. The molecule has 1 unspecified atom stereocenters. The number of anilines is 1. The molecule has 0 N–H and O–H groups in total. The molecule has 7 heteroatoms. The maximum absolute atomic E-state index is 13.1. The molecule has 178 valence electrons. The summed E-state index contributed by atoms with van der Waals surface area (Å²) in [5.74, 6) is 1.62. The number of hydrogen-bond acceptors (Lipinski definition) is 6. The molecule has 2 aromatic heterocycles. The van der Waals surface area contributed by atoms with Crippen LogP contribution in [0.3, 0.4) is 0 Å². The Morgan fingerprint density at radius 2 is 1.68 bits per heavy atom. The van der Waals surface area contributed by atoms with Gasteiger partial charge in [0.25, 0.3) is 5.91 Å². The van der Waals surface area contributed by atoms with E-state index in [1.54, 1.807) is 12.4 Å². The fraction of sp³-hybridized carbons (Fsp3) is 0.407. The molecule has 3 heterocycles. The highest BCUT2D eigenvalue weighted by atomic mass is 16.5. The van der Waals surface area contributed by atoms with Crippen molar-refractivity contribution in [3.05, 3.63) is 66.0 Å². The van der Waals surface area contributed by atoms with Crippen LogP contribution < -0.4 is 9.64 Å². The van der Waals surface area contributed by atoms with E-state index in [0.717, 1.165) is 28.4 Å². The van der Waals surface area contributed by atoms with Gasteiger partial charge in [-0.05, 0) is 55.2 Å². The van der Waals surface area contributed by atoms with Crippen molar-refractivity contribution in [2.45, 2.75) is 46.1 Å². The summed E-state index contributed by atoms with van der Waals surface area (Å²) < 4.78 is 6.18. The first-order valence-electron chi connectivity index (χ1n) is 11.8. The molecule has 0 radical (unpaired) electrons. The van der Waals surface area contributed by atoms with Crippen molar-refractivity contribution in [3.8, 4) is 17.0 Å². The van der Waals surface area contributed by atoms with Crippen LogP contribution in [0.4, 0.5) is 5.82 Å². The Morgan fingerprint density at radius 3 is 2.29 bits per heavy atom. The summed E-state index contributed by atoms with van der Waals surface area (Å²) in [6, 6.07) is 13.9. The van der Waals surface area contributed by atoms with Gasteiger partial charge in [0.15, 0.2) is 11.9 Å². The number of benzene rings is 1. The first kappa shape index (κ1) is 23.7. The Hall–Kier alpha value is -3.48. The Morgan fingerprint density at radius 1 is 0.971 bits per heavy atom. The second kappa shape index (κ2) is 9.79. The maximum Gasteiger partial charge on any atom is 0.263 e. The van der Waals surface area contributed by atoms with Crippen LogP contribution in [0.15, 0.2) is 54.9 Å². The Balaban J connectivity index is 1.36. The third kappa shape index (κ3) is 5.35. The molecule has 1 fully saturated rings. The quantitative estimate of drug-likeness (QED) is 0.568. The van der Waals surface area contributed by atoms with Gasteiger partial charge in [0.1, 0.15) is 5.75 Å². The summed E-state index contributed by atoms with van der Waals surface area (Å²) in [5, 5.41) is 8.77. The fourth-order valence-corrected chi connectivity index (χ4v) is 4.16. The molecule has 0 bridgehead atoms. The second-order valence-electron chi connectivity index (χ2n) is 9.83. The van der Waals surface area contributed by atoms with E-state index in [9.17, 15) is 4.79 Å². The molecule has 1 amide bonds. The molecule has 1 aromatic carbocycles. The van der Waals surface area contributed by atoms with E-state index >= 15 is 0 Å². The van der Waals surface area contributed by atoms with Gasteiger partial charge in [-0.2, -0.15) is 0 Å². The smallest absolute Gasteiger partial charge is 0.263 e. The minimum Gasteiger partial charge on any atom is -0.481 e. The molecule has 3 aromatic rings. The van der Waals surface area contributed by atoms with Gasteiger partial charge < -0.3 is 14.5 Å². The Bertz CT molecular complexity index is 1120. The highest BCUT2D eigenvalue weighted by Gasteiger charge is 2.28. The van der Waals surface area contributed by atoms with E-state index in [-0.39, 0.29) is 11.3 Å². The number of piperazine rings is 1. The third-order valence-corrected chi connectivity index (χ3v) is 6.14. The maximum atomic E-state index is 13.1. The van der Waals surface area contributed by atoms with Gasteiger partial charge in [-0.15, -0.1) is 10.2 Å². The highest BCUT2D eigenvalue weighted by molar-refractivity contribution is 5.81. The zero-order valence-electron chi connectivity index (χ0n) is 20.7. The predicted octanol–water partition coefficient (Wildman–Crippen LogP) is 4.26. The van der Waals surface area contributed by atoms with Gasteiger partial charge in [0.2, 0.25) is 0 Å². The molecule has 1 saturated heterocycles. The molecule has 0 aliphatic carbocycles. The lowest BCUT2D eigenvalue weighted by Crippen LogP contribution is -2.52. The van der Waals surface area contributed by atoms with E-state index in [1.165, 1.54) is 5.56 Å². The number of ether oxygens (including phenoxy) is 1.